The molecule has 1 N–H and O–H groups in total. The molecule has 0 fully saturated rings. The van der Waals surface area contributed by atoms with Gasteiger partial charge in [0.1, 0.15) is 0 Å². The third kappa shape index (κ3) is 3.52. The van der Waals surface area contributed by atoms with Crippen LogP contribution in [0.1, 0.15) is 17.5 Å². The zero-order chi connectivity index (χ0) is 12.0. The van der Waals surface area contributed by atoms with E-state index in [2.05, 4.69) is 22.0 Å². The van der Waals surface area contributed by atoms with E-state index >= 15 is 0 Å². The van der Waals surface area contributed by atoms with Crippen LogP contribution in [0.2, 0.25) is 0 Å². The third-order valence-electron chi connectivity index (χ3n) is 2.04. The molecule has 16 heavy (non-hydrogen) atoms. The summed E-state index contributed by atoms with van der Waals surface area (Å²) in [5.74, 6) is -0.984. The smallest absolute Gasteiger partial charge is 0.328 e. The van der Waals surface area contributed by atoms with Crippen molar-refractivity contribution in [3.63, 3.8) is 0 Å². The molecule has 0 aliphatic rings. The molecular weight excluding hydrogens is 270 g/mol. The van der Waals surface area contributed by atoms with E-state index in [-0.39, 0.29) is 0 Å². The first kappa shape index (κ1) is 12.5. The van der Waals surface area contributed by atoms with Gasteiger partial charge in [-0.05, 0) is 29.7 Å². The maximum Gasteiger partial charge on any atom is 0.328 e. The zero-order valence-corrected chi connectivity index (χ0v) is 10.1. The number of nitrogens with zero attached hydrogens (tertiary/aromatic N) is 1. The summed E-state index contributed by atoms with van der Waals surface area (Å²) in [6.07, 6.45) is 3.68. The minimum absolute atomic E-state index is 0.421. The summed E-state index contributed by atoms with van der Waals surface area (Å²) in [4.78, 5) is 10.5. The van der Waals surface area contributed by atoms with Crippen LogP contribution in [0.15, 0.2) is 28.7 Å². The van der Waals surface area contributed by atoms with Crippen molar-refractivity contribution in [2.24, 2.45) is 0 Å². The molecule has 0 amide bonds. The van der Waals surface area contributed by atoms with Crippen LogP contribution in [-0.2, 0) is 11.2 Å². The van der Waals surface area contributed by atoms with Gasteiger partial charge in [-0.25, -0.2) is 4.79 Å². The fraction of sp³-hybridized carbons (Fsp3) is 0.167. The number of hydrogen-bond acceptors (Lipinski definition) is 2. The number of benzene rings is 1. The number of halogens is 1. The minimum atomic E-state index is -0.984. The highest BCUT2D eigenvalue weighted by Gasteiger charge is 2.03. The fourth-order valence-electron chi connectivity index (χ4n) is 1.33. The predicted molar refractivity (Wildman–Crippen MR) is 64.7 cm³/mol. The molecule has 1 aromatic rings. The van der Waals surface area contributed by atoms with Gasteiger partial charge in [-0.15, -0.1) is 0 Å². The quantitative estimate of drug-likeness (QED) is 0.862. The summed E-state index contributed by atoms with van der Waals surface area (Å²) in [5, 5.41) is 17.1. The molecule has 0 aliphatic carbocycles. The number of hydrogen-bond donors (Lipinski definition) is 1. The molecule has 0 saturated carbocycles. The van der Waals surface area contributed by atoms with Crippen molar-refractivity contribution >= 4 is 28.0 Å². The molecule has 0 spiro atoms. The first-order valence-electron chi connectivity index (χ1n) is 4.70. The van der Waals surface area contributed by atoms with Crippen molar-refractivity contribution in [3.05, 3.63) is 39.9 Å². The topological polar surface area (TPSA) is 61.1 Å². The minimum Gasteiger partial charge on any atom is -0.478 e. The van der Waals surface area contributed by atoms with Crippen LogP contribution in [0.3, 0.4) is 0 Å². The molecule has 0 atom stereocenters. The van der Waals surface area contributed by atoms with E-state index in [1.54, 1.807) is 6.08 Å². The summed E-state index contributed by atoms with van der Waals surface area (Å²) in [5.41, 5.74) is 1.79. The fourth-order valence-corrected chi connectivity index (χ4v) is 1.87. The largest absolute Gasteiger partial charge is 0.478 e. The highest BCUT2D eigenvalue weighted by atomic mass is 79.9. The molecule has 0 bridgehead atoms. The van der Waals surface area contributed by atoms with Crippen LogP contribution in [0.4, 0.5) is 0 Å². The second kappa shape index (κ2) is 6.09. The van der Waals surface area contributed by atoms with Gasteiger partial charge in [0.15, 0.2) is 0 Å². The van der Waals surface area contributed by atoms with Crippen LogP contribution in [0, 0.1) is 11.3 Å². The molecule has 1 rings (SSSR count). The van der Waals surface area contributed by atoms with Gasteiger partial charge in [0.2, 0.25) is 0 Å². The Labute approximate surface area is 102 Å². The lowest BCUT2D eigenvalue weighted by Gasteiger charge is -2.05. The summed E-state index contributed by atoms with van der Waals surface area (Å²) in [6.45, 7) is 0. The SMILES string of the molecule is N#CCCc1cccc(Br)c1/C=C/C(=O)O. The lowest BCUT2D eigenvalue weighted by Crippen LogP contribution is -1.92. The Kier molecular flexibility index (Phi) is 4.74. The zero-order valence-electron chi connectivity index (χ0n) is 8.48. The van der Waals surface area contributed by atoms with E-state index < -0.39 is 5.97 Å². The van der Waals surface area contributed by atoms with Crippen molar-refractivity contribution in [1.29, 1.82) is 5.26 Å². The van der Waals surface area contributed by atoms with Crippen LogP contribution >= 0.6 is 15.9 Å². The van der Waals surface area contributed by atoms with Crippen LogP contribution in [-0.4, -0.2) is 11.1 Å². The Hall–Kier alpha value is -1.60. The van der Waals surface area contributed by atoms with Crippen LogP contribution < -0.4 is 0 Å². The second-order valence-electron chi connectivity index (χ2n) is 3.14. The van der Waals surface area contributed by atoms with E-state index in [4.69, 9.17) is 10.4 Å². The van der Waals surface area contributed by atoms with Gasteiger partial charge in [-0.1, -0.05) is 28.1 Å². The van der Waals surface area contributed by atoms with Gasteiger partial charge in [0.25, 0.3) is 0 Å². The summed E-state index contributed by atoms with van der Waals surface area (Å²) in [6, 6.07) is 7.68. The molecule has 0 aliphatic heterocycles. The molecule has 4 heteroatoms. The molecule has 0 aromatic heterocycles. The Morgan fingerprint density at radius 3 is 2.94 bits per heavy atom. The second-order valence-corrected chi connectivity index (χ2v) is 4.00. The molecule has 0 saturated heterocycles. The van der Waals surface area contributed by atoms with E-state index in [0.717, 1.165) is 21.7 Å². The van der Waals surface area contributed by atoms with Crippen molar-refractivity contribution in [2.45, 2.75) is 12.8 Å². The number of rotatable bonds is 4. The standard InChI is InChI=1S/C12H10BrNO2/c13-11-5-1-3-9(4-2-8-14)10(11)6-7-12(15)16/h1,3,5-7H,2,4H2,(H,15,16)/b7-6+. The lowest BCUT2D eigenvalue weighted by molar-refractivity contribution is -0.131. The van der Waals surface area contributed by atoms with E-state index in [0.29, 0.717) is 12.8 Å². The van der Waals surface area contributed by atoms with Gasteiger partial charge in [0, 0.05) is 17.0 Å². The molecule has 82 valence electrons. The molecule has 1 aromatic carbocycles. The van der Waals surface area contributed by atoms with Crippen molar-refractivity contribution in [1.82, 2.24) is 0 Å². The highest BCUT2D eigenvalue weighted by molar-refractivity contribution is 9.10. The van der Waals surface area contributed by atoms with E-state index in [1.165, 1.54) is 0 Å². The first-order chi connectivity index (χ1) is 7.65. The molecule has 0 heterocycles. The number of aliphatic carboxylic acids is 1. The van der Waals surface area contributed by atoms with Crippen LogP contribution in [0.5, 0.6) is 0 Å². The van der Waals surface area contributed by atoms with Gasteiger partial charge >= 0.3 is 5.97 Å². The maximum absolute atomic E-state index is 10.5. The van der Waals surface area contributed by atoms with Crippen molar-refractivity contribution in [2.75, 3.05) is 0 Å². The number of carboxylic acids is 1. The van der Waals surface area contributed by atoms with Gasteiger partial charge in [-0.2, -0.15) is 5.26 Å². The molecular formula is C12H10BrNO2. The Morgan fingerprint density at radius 2 is 2.31 bits per heavy atom. The Bertz CT molecular complexity index is 461. The molecule has 0 radical (unpaired) electrons. The molecule has 3 nitrogen and oxygen atoms in total. The highest BCUT2D eigenvalue weighted by Crippen LogP contribution is 2.23. The molecule has 0 unspecified atom stereocenters. The number of carbonyl (C=O) groups is 1. The average Bonchev–Trinajstić information content (AvgIpc) is 2.24. The van der Waals surface area contributed by atoms with Crippen molar-refractivity contribution < 1.29 is 9.90 Å². The maximum atomic E-state index is 10.5. The predicted octanol–water partition coefficient (Wildman–Crippen LogP) is 3.00. The number of nitriles is 1. The van der Waals surface area contributed by atoms with E-state index in [9.17, 15) is 4.79 Å². The third-order valence-corrected chi connectivity index (χ3v) is 2.73. The first-order valence-corrected chi connectivity index (χ1v) is 5.50. The summed E-state index contributed by atoms with van der Waals surface area (Å²) >= 11 is 3.36. The lowest BCUT2D eigenvalue weighted by atomic mass is 10.0. The Balaban J connectivity index is 3.04. The normalized spacial score (nSPS) is 10.2. The number of carboxylic acid groups (broad SMARTS) is 1. The summed E-state index contributed by atoms with van der Waals surface area (Å²) in [7, 11) is 0. The van der Waals surface area contributed by atoms with Gasteiger partial charge in [0.05, 0.1) is 6.07 Å². The average molecular weight is 280 g/mol. The Morgan fingerprint density at radius 1 is 1.56 bits per heavy atom. The summed E-state index contributed by atoms with van der Waals surface area (Å²) < 4.78 is 0.834. The van der Waals surface area contributed by atoms with Gasteiger partial charge in [-0.3, -0.25) is 0 Å². The van der Waals surface area contributed by atoms with E-state index in [1.807, 2.05) is 18.2 Å². The monoisotopic (exact) mass is 279 g/mol. The van der Waals surface area contributed by atoms with Crippen LogP contribution in [0.25, 0.3) is 6.08 Å². The van der Waals surface area contributed by atoms with Gasteiger partial charge < -0.3 is 5.11 Å². The number of aryl methyl sites for hydroxylation is 1. The van der Waals surface area contributed by atoms with Crippen molar-refractivity contribution in [3.8, 4) is 6.07 Å².